The number of pyridine rings is 1. The molecule has 2 heterocycles. The summed E-state index contributed by atoms with van der Waals surface area (Å²) in [5, 5.41) is 13.5. The zero-order valence-electron chi connectivity index (χ0n) is 14.8. The highest BCUT2D eigenvalue weighted by Gasteiger charge is 2.22. The number of benzene rings is 2. The van der Waals surface area contributed by atoms with Gasteiger partial charge in [0.2, 0.25) is 0 Å². The fourth-order valence-electron chi connectivity index (χ4n) is 2.55. The van der Waals surface area contributed by atoms with Gasteiger partial charge in [-0.1, -0.05) is 22.8 Å². The van der Waals surface area contributed by atoms with Crippen molar-refractivity contribution in [3.05, 3.63) is 95.0 Å². The fourth-order valence-corrected chi connectivity index (χ4v) is 2.71. The monoisotopic (exact) mass is 418 g/mol. The second-order valence-corrected chi connectivity index (χ2v) is 6.21. The van der Waals surface area contributed by atoms with Gasteiger partial charge in [-0.3, -0.25) is 4.98 Å². The number of aliphatic hydroxyl groups is 1. The minimum absolute atomic E-state index is 0.0281. The highest BCUT2D eigenvalue weighted by molar-refractivity contribution is 6.30. The Kier molecular flexibility index (Phi) is 6.64. The predicted molar refractivity (Wildman–Crippen MR) is 102 cm³/mol. The number of aliphatic hydroxyl groups excluding tert-OH is 1. The molecule has 4 aromatic rings. The minimum Gasteiger partial charge on any atom is -0.391 e. The molecule has 0 amide bonds. The second-order valence-electron chi connectivity index (χ2n) is 5.77. The van der Waals surface area contributed by atoms with E-state index in [-0.39, 0.29) is 33.2 Å². The molecule has 0 saturated heterocycles. The maximum Gasteiger partial charge on any atom is 0.175 e. The number of halogens is 4. The van der Waals surface area contributed by atoms with E-state index in [0.29, 0.717) is 6.07 Å². The van der Waals surface area contributed by atoms with Crippen molar-refractivity contribution in [1.82, 2.24) is 10.1 Å². The van der Waals surface area contributed by atoms with E-state index in [2.05, 4.69) is 10.1 Å². The molecule has 148 valence electrons. The molecule has 29 heavy (non-hydrogen) atoms. The summed E-state index contributed by atoms with van der Waals surface area (Å²) in [7, 11) is 0. The molecule has 8 heteroatoms. The zero-order chi connectivity index (χ0) is 20.8. The van der Waals surface area contributed by atoms with E-state index in [4.69, 9.17) is 16.1 Å². The minimum atomic E-state index is -0.876. The molecule has 0 bridgehead atoms. The van der Waals surface area contributed by atoms with Gasteiger partial charge in [0.1, 0.15) is 23.1 Å². The van der Waals surface area contributed by atoms with Crippen LogP contribution in [0.2, 0.25) is 5.02 Å². The Balaban J connectivity index is 0.000000343. The lowest BCUT2D eigenvalue weighted by Crippen LogP contribution is -1.93. The molecule has 2 aromatic carbocycles. The predicted octanol–water partition coefficient (Wildman–Crippen LogP) is 5.65. The van der Waals surface area contributed by atoms with Gasteiger partial charge in [0.05, 0.1) is 17.7 Å². The maximum absolute atomic E-state index is 14.0. The Morgan fingerprint density at radius 1 is 0.897 bits per heavy atom. The van der Waals surface area contributed by atoms with Gasteiger partial charge in [0.25, 0.3) is 0 Å². The quantitative estimate of drug-likeness (QED) is 0.467. The molecule has 0 radical (unpaired) electrons. The normalized spacial score (nSPS) is 10.4. The molecule has 0 spiro atoms. The van der Waals surface area contributed by atoms with Gasteiger partial charge >= 0.3 is 0 Å². The van der Waals surface area contributed by atoms with Crippen LogP contribution in [-0.4, -0.2) is 15.2 Å². The average molecular weight is 419 g/mol. The molecule has 0 aliphatic heterocycles. The Morgan fingerprint density at radius 3 is 2.14 bits per heavy atom. The summed E-state index contributed by atoms with van der Waals surface area (Å²) in [6.45, 7) is -0.562. The smallest absolute Gasteiger partial charge is 0.175 e. The first-order chi connectivity index (χ1) is 14.0. The number of nitrogens with zero attached hydrogens (tertiary/aromatic N) is 2. The second kappa shape index (κ2) is 9.36. The van der Waals surface area contributed by atoms with Gasteiger partial charge in [-0.05, 0) is 42.5 Å². The van der Waals surface area contributed by atoms with Crippen molar-refractivity contribution in [3.8, 4) is 22.6 Å². The molecule has 0 saturated carbocycles. The summed E-state index contributed by atoms with van der Waals surface area (Å²) in [4.78, 5) is 3.78. The molecule has 2 aromatic heterocycles. The summed E-state index contributed by atoms with van der Waals surface area (Å²) in [6, 6.07) is 12.5. The highest BCUT2D eigenvalue weighted by Crippen LogP contribution is 2.35. The van der Waals surface area contributed by atoms with Crippen molar-refractivity contribution in [2.24, 2.45) is 0 Å². The van der Waals surface area contributed by atoms with Crippen molar-refractivity contribution in [2.75, 3.05) is 0 Å². The van der Waals surface area contributed by atoms with E-state index in [0.717, 1.165) is 18.2 Å². The largest absolute Gasteiger partial charge is 0.391 e. The van der Waals surface area contributed by atoms with Gasteiger partial charge in [-0.15, -0.1) is 0 Å². The SMILES string of the molecule is OCc1c(-c2ccc(Cl)cc2F)noc1-c1ccc(F)cc1F.c1ccncc1. The van der Waals surface area contributed by atoms with Gasteiger partial charge < -0.3 is 9.63 Å². The fraction of sp³-hybridized carbons (Fsp3) is 0.0476. The van der Waals surface area contributed by atoms with E-state index < -0.39 is 24.1 Å². The molecule has 0 aliphatic rings. The van der Waals surface area contributed by atoms with Crippen molar-refractivity contribution >= 4 is 11.6 Å². The Hall–Kier alpha value is -3.16. The molecular formula is C21H14ClF3N2O2. The van der Waals surface area contributed by atoms with Crippen molar-refractivity contribution < 1.29 is 22.8 Å². The third-order valence-corrected chi connectivity index (χ3v) is 4.11. The van der Waals surface area contributed by atoms with Crippen LogP contribution < -0.4 is 0 Å². The summed E-state index contributed by atoms with van der Waals surface area (Å²) in [6.07, 6.45) is 3.50. The third kappa shape index (κ3) is 4.82. The van der Waals surface area contributed by atoms with Gasteiger partial charge in [0.15, 0.2) is 5.76 Å². The lowest BCUT2D eigenvalue weighted by atomic mass is 10.0. The van der Waals surface area contributed by atoms with E-state index in [9.17, 15) is 18.3 Å². The van der Waals surface area contributed by atoms with Crippen LogP contribution in [-0.2, 0) is 6.61 Å². The first kappa shape index (κ1) is 20.6. The first-order valence-electron chi connectivity index (χ1n) is 8.36. The van der Waals surface area contributed by atoms with Crippen LogP contribution in [0.5, 0.6) is 0 Å². The molecular weight excluding hydrogens is 405 g/mol. The number of hydrogen-bond donors (Lipinski definition) is 1. The van der Waals surface area contributed by atoms with Gasteiger partial charge in [-0.2, -0.15) is 0 Å². The molecule has 4 nitrogen and oxygen atoms in total. The van der Waals surface area contributed by atoms with Crippen LogP contribution in [0.4, 0.5) is 13.2 Å². The van der Waals surface area contributed by atoms with Crippen LogP contribution >= 0.6 is 11.6 Å². The van der Waals surface area contributed by atoms with Crippen molar-refractivity contribution in [1.29, 1.82) is 0 Å². The van der Waals surface area contributed by atoms with E-state index in [1.54, 1.807) is 12.4 Å². The number of aromatic nitrogens is 2. The maximum atomic E-state index is 14.0. The summed E-state index contributed by atoms with van der Waals surface area (Å²) in [5.74, 6) is -2.37. The van der Waals surface area contributed by atoms with E-state index in [1.165, 1.54) is 12.1 Å². The van der Waals surface area contributed by atoms with Crippen LogP contribution in [0, 0.1) is 17.5 Å². The number of rotatable bonds is 3. The topological polar surface area (TPSA) is 59.2 Å². The molecule has 0 aliphatic carbocycles. The Bertz CT molecular complexity index is 1010. The van der Waals surface area contributed by atoms with Crippen LogP contribution in [0.25, 0.3) is 22.6 Å². The molecule has 0 unspecified atom stereocenters. The standard InChI is InChI=1S/C16H9ClF3NO2.C5H5N/c17-8-1-3-10(13(19)5-8)15-12(7-22)16(23-21-15)11-4-2-9(18)6-14(11)20;1-2-4-6-5-3-1/h1-6,22H,7H2;1-5H. The molecule has 1 N–H and O–H groups in total. The summed E-state index contributed by atoms with van der Waals surface area (Å²) >= 11 is 5.70. The Morgan fingerprint density at radius 2 is 1.59 bits per heavy atom. The summed E-state index contributed by atoms with van der Waals surface area (Å²) in [5.41, 5.74) is 0.0941. The van der Waals surface area contributed by atoms with Crippen molar-refractivity contribution in [2.45, 2.75) is 6.61 Å². The lowest BCUT2D eigenvalue weighted by Gasteiger charge is -2.04. The van der Waals surface area contributed by atoms with E-state index >= 15 is 0 Å². The van der Waals surface area contributed by atoms with Crippen LogP contribution in [0.1, 0.15) is 5.56 Å². The van der Waals surface area contributed by atoms with Crippen molar-refractivity contribution in [3.63, 3.8) is 0 Å². The lowest BCUT2D eigenvalue weighted by molar-refractivity contribution is 0.281. The van der Waals surface area contributed by atoms with Gasteiger partial charge in [-0.25, -0.2) is 13.2 Å². The Labute approximate surface area is 169 Å². The zero-order valence-corrected chi connectivity index (χ0v) is 15.6. The highest BCUT2D eigenvalue weighted by atomic mass is 35.5. The van der Waals surface area contributed by atoms with Crippen LogP contribution in [0.3, 0.4) is 0 Å². The molecule has 0 atom stereocenters. The molecule has 0 fully saturated rings. The number of hydrogen-bond acceptors (Lipinski definition) is 4. The molecule has 4 rings (SSSR count). The first-order valence-corrected chi connectivity index (χ1v) is 8.74. The average Bonchev–Trinajstić information content (AvgIpc) is 3.13. The van der Waals surface area contributed by atoms with Crippen LogP contribution in [0.15, 0.2) is 71.5 Å². The third-order valence-electron chi connectivity index (χ3n) is 3.87. The van der Waals surface area contributed by atoms with E-state index in [1.807, 2.05) is 18.2 Å². The summed E-state index contributed by atoms with van der Waals surface area (Å²) < 4.78 is 46.0. The van der Waals surface area contributed by atoms with Gasteiger partial charge in [0, 0.05) is 29.0 Å².